The molecule has 0 bridgehead atoms. The molecule has 2 aromatic rings. The van der Waals surface area contributed by atoms with Crippen molar-refractivity contribution in [1.82, 2.24) is 4.98 Å². The van der Waals surface area contributed by atoms with Crippen molar-refractivity contribution in [2.75, 3.05) is 0 Å². The lowest BCUT2D eigenvalue weighted by Crippen LogP contribution is -1.93. The average molecular weight is 232 g/mol. The van der Waals surface area contributed by atoms with Crippen LogP contribution in [0.2, 0.25) is 0 Å². The molecule has 0 aliphatic rings. The minimum absolute atomic E-state index is 0.0912. The first kappa shape index (κ1) is 11.0. The van der Waals surface area contributed by atoms with Gasteiger partial charge >= 0.3 is 0 Å². The predicted octanol–water partition coefficient (Wildman–Crippen LogP) is 3.02. The van der Waals surface area contributed by atoms with Crippen molar-refractivity contribution < 1.29 is 13.5 Å². The molecule has 0 fully saturated rings. The standard InChI is InChI=1S/C12H6F2N2O/c13-9-2-1-3-10(12(9)14)17-11-5-4-8(6-15)7-16-11/h1-5,7H. The minimum Gasteiger partial charge on any atom is -0.436 e. The monoisotopic (exact) mass is 232 g/mol. The Kier molecular flexibility index (Phi) is 2.97. The van der Waals surface area contributed by atoms with E-state index in [-0.39, 0.29) is 11.6 Å². The number of hydrogen-bond donors (Lipinski definition) is 0. The molecule has 0 saturated heterocycles. The van der Waals surface area contributed by atoms with Gasteiger partial charge in [-0.3, -0.25) is 0 Å². The first-order valence-corrected chi connectivity index (χ1v) is 4.69. The van der Waals surface area contributed by atoms with Crippen LogP contribution in [0.5, 0.6) is 11.6 Å². The van der Waals surface area contributed by atoms with E-state index in [2.05, 4.69) is 4.98 Å². The van der Waals surface area contributed by atoms with Gasteiger partial charge in [0.15, 0.2) is 11.6 Å². The Balaban J connectivity index is 2.26. The van der Waals surface area contributed by atoms with E-state index in [1.54, 1.807) is 0 Å². The van der Waals surface area contributed by atoms with Crippen molar-refractivity contribution >= 4 is 0 Å². The molecule has 17 heavy (non-hydrogen) atoms. The molecule has 0 atom stereocenters. The van der Waals surface area contributed by atoms with Crippen molar-refractivity contribution in [3.05, 3.63) is 53.7 Å². The molecule has 0 radical (unpaired) electrons. The van der Waals surface area contributed by atoms with Gasteiger partial charge in [-0.2, -0.15) is 9.65 Å². The summed E-state index contributed by atoms with van der Waals surface area (Å²) in [7, 11) is 0. The molecular weight excluding hydrogens is 226 g/mol. The Bertz CT molecular complexity index is 576. The Morgan fingerprint density at radius 3 is 2.65 bits per heavy atom. The van der Waals surface area contributed by atoms with Crippen LogP contribution in [-0.2, 0) is 0 Å². The summed E-state index contributed by atoms with van der Waals surface area (Å²) < 4.78 is 31.2. The molecule has 0 aliphatic carbocycles. The first-order chi connectivity index (χ1) is 8.20. The third-order valence-corrected chi connectivity index (χ3v) is 2.00. The van der Waals surface area contributed by atoms with Gasteiger partial charge in [-0.15, -0.1) is 0 Å². The average Bonchev–Trinajstić information content (AvgIpc) is 2.36. The Morgan fingerprint density at radius 1 is 1.18 bits per heavy atom. The largest absolute Gasteiger partial charge is 0.436 e. The molecule has 0 amide bonds. The van der Waals surface area contributed by atoms with E-state index in [4.69, 9.17) is 10.00 Å². The van der Waals surface area contributed by atoms with Gasteiger partial charge in [0.05, 0.1) is 5.56 Å². The molecule has 0 aliphatic heterocycles. The number of aromatic nitrogens is 1. The molecule has 1 aromatic heterocycles. The van der Waals surface area contributed by atoms with E-state index in [0.29, 0.717) is 5.56 Å². The summed E-state index contributed by atoms with van der Waals surface area (Å²) in [5.74, 6) is -2.22. The van der Waals surface area contributed by atoms with Crippen LogP contribution in [0.25, 0.3) is 0 Å². The van der Waals surface area contributed by atoms with Crippen LogP contribution >= 0.6 is 0 Å². The first-order valence-electron chi connectivity index (χ1n) is 4.69. The fourth-order valence-electron chi connectivity index (χ4n) is 1.18. The zero-order valence-electron chi connectivity index (χ0n) is 8.52. The van der Waals surface area contributed by atoms with E-state index in [1.165, 1.54) is 30.5 Å². The second-order valence-electron chi connectivity index (χ2n) is 3.15. The third kappa shape index (κ3) is 2.37. The molecule has 1 heterocycles. The minimum atomic E-state index is -1.07. The number of rotatable bonds is 2. The fraction of sp³-hybridized carbons (Fsp3) is 0. The highest BCUT2D eigenvalue weighted by Gasteiger charge is 2.09. The van der Waals surface area contributed by atoms with Gasteiger partial charge in [0, 0.05) is 12.3 Å². The summed E-state index contributed by atoms with van der Waals surface area (Å²) >= 11 is 0. The van der Waals surface area contributed by atoms with Crippen LogP contribution in [0.3, 0.4) is 0 Å². The van der Waals surface area contributed by atoms with Gasteiger partial charge in [-0.25, -0.2) is 9.37 Å². The van der Waals surface area contributed by atoms with Crippen LogP contribution in [0.15, 0.2) is 36.5 Å². The summed E-state index contributed by atoms with van der Waals surface area (Å²) in [5.41, 5.74) is 0.358. The van der Waals surface area contributed by atoms with Gasteiger partial charge < -0.3 is 4.74 Å². The van der Waals surface area contributed by atoms with E-state index in [0.717, 1.165) is 6.07 Å². The molecular formula is C12H6F2N2O. The van der Waals surface area contributed by atoms with Gasteiger partial charge in [-0.05, 0) is 18.2 Å². The second kappa shape index (κ2) is 4.58. The van der Waals surface area contributed by atoms with Gasteiger partial charge in [0.2, 0.25) is 11.7 Å². The maximum absolute atomic E-state index is 13.3. The van der Waals surface area contributed by atoms with E-state index in [1.807, 2.05) is 6.07 Å². The summed E-state index contributed by atoms with van der Waals surface area (Å²) in [6, 6.07) is 8.38. The Hall–Kier alpha value is -2.48. The van der Waals surface area contributed by atoms with Crippen LogP contribution in [0.1, 0.15) is 5.56 Å². The van der Waals surface area contributed by atoms with Crippen molar-refractivity contribution in [2.24, 2.45) is 0 Å². The molecule has 5 heteroatoms. The topological polar surface area (TPSA) is 45.9 Å². The maximum atomic E-state index is 13.3. The number of pyridine rings is 1. The third-order valence-electron chi connectivity index (χ3n) is 2.00. The van der Waals surface area contributed by atoms with Crippen molar-refractivity contribution in [3.63, 3.8) is 0 Å². The normalized spacial score (nSPS) is 9.71. The molecule has 3 nitrogen and oxygen atoms in total. The van der Waals surface area contributed by atoms with Crippen LogP contribution in [-0.4, -0.2) is 4.98 Å². The zero-order valence-corrected chi connectivity index (χ0v) is 8.52. The van der Waals surface area contributed by atoms with Gasteiger partial charge in [0.1, 0.15) is 6.07 Å². The van der Waals surface area contributed by atoms with E-state index >= 15 is 0 Å². The molecule has 0 saturated carbocycles. The summed E-state index contributed by atoms with van der Waals surface area (Å²) in [4.78, 5) is 3.78. The van der Waals surface area contributed by atoms with Crippen molar-refractivity contribution in [1.29, 1.82) is 5.26 Å². The molecule has 1 aromatic carbocycles. The highest BCUT2D eigenvalue weighted by molar-refractivity contribution is 5.32. The quantitative estimate of drug-likeness (QED) is 0.799. The van der Waals surface area contributed by atoms with Gasteiger partial charge in [0.25, 0.3) is 0 Å². The molecule has 0 spiro atoms. The lowest BCUT2D eigenvalue weighted by atomic mass is 10.3. The zero-order chi connectivity index (χ0) is 12.3. The Morgan fingerprint density at radius 2 is 2.00 bits per heavy atom. The molecule has 0 unspecified atom stereocenters. The van der Waals surface area contributed by atoms with E-state index in [9.17, 15) is 8.78 Å². The molecule has 84 valence electrons. The Labute approximate surface area is 95.9 Å². The summed E-state index contributed by atoms with van der Waals surface area (Å²) in [6.07, 6.45) is 1.28. The summed E-state index contributed by atoms with van der Waals surface area (Å²) in [5, 5.41) is 8.56. The number of halogens is 2. The van der Waals surface area contributed by atoms with Crippen molar-refractivity contribution in [3.8, 4) is 17.7 Å². The lowest BCUT2D eigenvalue weighted by molar-refractivity contribution is 0.405. The highest BCUT2D eigenvalue weighted by Crippen LogP contribution is 2.24. The lowest BCUT2D eigenvalue weighted by Gasteiger charge is -2.05. The van der Waals surface area contributed by atoms with E-state index < -0.39 is 11.6 Å². The number of nitrogens with zero attached hydrogens (tertiary/aromatic N) is 2. The predicted molar refractivity (Wildman–Crippen MR) is 55.4 cm³/mol. The van der Waals surface area contributed by atoms with Crippen molar-refractivity contribution in [2.45, 2.75) is 0 Å². The maximum Gasteiger partial charge on any atom is 0.219 e. The van der Waals surface area contributed by atoms with Crippen LogP contribution in [0.4, 0.5) is 8.78 Å². The second-order valence-corrected chi connectivity index (χ2v) is 3.15. The number of nitriles is 1. The van der Waals surface area contributed by atoms with Crippen LogP contribution in [0, 0.1) is 23.0 Å². The summed E-state index contributed by atoms with van der Waals surface area (Å²) in [6.45, 7) is 0. The van der Waals surface area contributed by atoms with Crippen LogP contribution < -0.4 is 4.74 Å². The molecule has 2 rings (SSSR count). The highest BCUT2D eigenvalue weighted by atomic mass is 19.2. The number of benzene rings is 1. The fourth-order valence-corrected chi connectivity index (χ4v) is 1.18. The SMILES string of the molecule is N#Cc1ccc(Oc2cccc(F)c2F)nc1. The number of hydrogen-bond acceptors (Lipinski definition) is 3. The smallest absolute Gasteiger partial charge is 0.219 e. The van der Waals surface area contributed by atoms with Gasteiger partial charge in [-0.1, -0.05) is 6.07 Å². The molecule has 0 N–H and O–H groups in total. The number of ether oxygens (including phenoxy) is 1.